The number of hydrogen-bond donors (Lipinski definition) is 1. The number of likely N-dealkylation sites (tertiary alicyclic amines) is 1. The molecule has 0 amide bonds. The van der Waals surface area contributed by atoms with Gasteiger partial charge in [-0.1, -0.05) is 6.42 Å². The molecule has 2 aromatic rings. The summed E-state index contributed by atoms with van der Waals surface area (Å²) in [5, 5.41) is 4.80. The minimum atomic E-state index is -0.125. The molecule has 0 bridgehead atoms. The number of aromatic amines is 1. The summed E-state index contributed by atoms with van der Waals surface area (Å²) in [6.45, 7) is 2.93. The molecule has 3 heterocycles. The Kier molecular flexibility index (Phi) is 2.64. The summed E-state index contributed by atoms with van der Waals surface area (Å²) in [5.41, 5.74) is 0.541. The third-order valence-electron chi connectivity index (χ3n) is 3.22. The number of aromatic nitrogens is 4. The first-order valence-electron chi connectivity index (χ1n) is 5.96. The Morgan fingerprint density at radius 3 is 2.94 bits per heavy atom. The van der Waals surface area contributed by atoms with Gasteiger partial charge in [-0.2, -0.15) is 5.10 Å². The molecule has 1 aliphatic heterocycles. The Bertz CT molecular complexity index is 566. The summed E-state index contributed by atoms with van der Waals surface area (Å²) in [4.78, 5) is 20.6. The highest BCUT2D eigenvalue weighted by atomic mass is 16.1. The number of hydrogen-bond acceptors (Lipinski definition) is 4. The van der Waals surface area contributed by atoms with Gasteiger partial charge in [0.15, 0.2) is 5.65 Å². The maximum atomic E-state index is 11.5. The SMILES string of the molecule is O=c1[nH]cnc2c1cnn2CN1CCCCC1. The van der Waals surface area contributed by atoms with Crippen molar-refractivity contribution < 1.29 is 0 Å². The fraction of sp³-hybridized carbons (Fsp3) is 0.545. The molecule has 0 saturated carbocycles. The molecule has 0 radical (unpaired) electrons. The van der Waals surface area contributed by atoms with Crippen molar-refractivity contribution in [2.75, 3.05) is 13.1 Å². The molecular weight excluding hydrogens is 218 g/mol. The number of piperidine rings is 1. The number of nitrogens with one attached hydrogen (secondary N) is 1. The van der Waals surface area contributed by atoms with Gasteiger partial charge in [0.05, 0.1) is 19.2 Å². The van der Waals surface area contributed by atoms with Crippen LogP contribution in [0.25, 0.3) is 11.0 Å². The Balaban J connectivity index is 1.90. The molecule has 6 heteroatoms. The van der Waals surface area contributed by atoms with E-state index in [4.69, 9.17) is 0 Å². The zero-order valence-corrected chi connectivity index (χ0v) is 9.59. The van der Waals surface area contributed by atoms with Gasteiger partial charge in [0.1, 0.15) is 5.39 Å². The maximum Gasteiger partial charge on any atom is 0.261 e. The summed E-state index contributed by atoms with van der Waals surface area (Å²) >= 11 is 0. The minimum absolute atomic E-state index is 0.125. The van der Waals surface area contributed by atoms with Gasteiger partial charge in [-0.25, -0.2) is 9.67 Å². The quantitative estimate of drug-likeness (QED) is 0.823. The van der Waals surface area contributed by atoms with Crippen molar-refractivity contribution in [3.8, 4) is 0 Å². The topological polar surface area (TPSA) is 66.8 Å². The second kappa shape index (κ2) is 4.29. The molecule has 0 spiro atoms. The lowest BCUT2D eigenvalue weighted by atomic mass is 10.1. The van der Waals surface area contributed by atoms with Crippen molar-refractivity contribution in [1.82, 2.24) is 24.6 Å². The van der Waals surface area contributed by atoms with Gasteiger partial charge in [0.2, 0.25) is 0 Å². The lowest BCUT2D eigenvalue weighted by Crippen LogP contribution is -2.32. The monoisotopic (exact) mass is 233 g/mol. The smallest absolute Gasteiger partial charge is 0.261 e. The predicted molar refractivity (Wildman–Crippen MR) is 63.6 cm³/mol. The van der Waals surface area contributed by atoms with Gasteiger partial charge >= 0.3 is 0 Å². The van der Waals surface area contributed by atoms with Crippen LogP contribution in [0.15, 0.2) is 17.3 Å². The highest BCUT2D eigenvalue weighted by molar-refractivity contribution is 5.72. The van der Waals surface area contributed by atoms with Crippen molar-refractivity contribution >= 4 is 11.0 Å². The van der Waals surface area contributed by atoms with E-state index in [-0.39, 0.29) is 5.56 Å². The van der Waals surface area contributed by atoms with Crippen LogP contribution in [0, 0.1) is 0 Å². The van der Waals surface area contributed by atoms with Crippen LogP contribution in [0.2, 0.25) is 0 Å². The zero-order valence-electron chi connectivity index (χ0n) is 9.59. The molecule has 3 rings (SSSR count). The van der Waals surface area contributed by atoms with E-state index in [1.807, 2.05) is 0 Å². The van der Waals surface area contributed by atoms with Crippen molar-refractivity contribution in [2.24, 2.45) is 0 Å². The molecule has 1 saturated heterocycles. The van der Waals surface area contributed by atoms with Crippen molar-refractivity contribution in [3.05, 3.63) is 22.9 Å². The van der Waals surface area contributed by atoms with E-state index in [1.54, 1.807) is 10.9 Å². The highest BCUT2D eigenvalue weighted by Crippen LogP contribution is 2.11. The van der Waals surface area contributed by atoms with Gasteiger partial charge in [-0.05, 0) is 25.9 Å². The summed E-state index contributed by atoms with van der Waals surface area (Å²) in [5.74, 6) is 0. The molecule has 0 aromatic carbocycles. The van der Waals surface area contributed by atoms with Crippen LogP contribution in [0.4, 0.5) is 0 Å². The van der Waals surface area contributed by atoms with Crippen LogP contribution in [0.5, 0.6) is 0 Å². The summed E-state index contributed by atoms with van der Waals surface area (Å²) in [6.07, 6.45) is 6.82. The third kappa shape index (κ3) is 1.95. The van der Waals surface area contributed by atoms with E-state index in [0.29, 0.717) is 11.0 Å². The fourth-order valence-corrected chi connectivity index (χ4v) is 2.30. The number of rotatable bonds is 2. The van der Waals surface area contributed by atoms with Crippen LogP contribution in [0.3, 0.4) is 0 Å². The Morgan fingerprint density at radius 2 is 2.12 bits per heavy atom. The van der Waals surface area contributed by atoms with Gasteiger partial charge in [0.25, 0.3) is 5.56 Å². The number of nitrogens with zero attached hydrogens (tertiary/aromatic N) is 4. The first-order valence-corrected chi connectivity index (χ1v) is 5.96. The molecular formula is C11H15N5O. The molecule has 1 aliphatic rings. The highest BCUT2D eigenvalue weighted by Gasteiger charge is 2.13. The summed E-state index contributed by atoms with van der Waals surface area (Å²) in [6, 6.07) is 0. The normalized spacial score (nSPS) is 17.6. The van der Waals surface area contributed by atoms with E-state index >= 15 is 0 Å². The number of H-pyrrole nitrogens is 1. The lowest BCUT2D eigenvalue weighted by molar-refractivity contribution is 0.176. The standard InChI is InChI=1S/C11H15N5O/c17-11-9-6-14-16(10(9)12-7-13-11)8-15-4-2-1-3-5-15/h6-7H,1-5,8H2,(H,12,13,17). The van der Waals surface area contributed by atoms with E-state index in [0.717, 1.165) is 19.8 Å². The summed E-state index contributed by atoms with van der Waals surface area (Å²) in [7, 11) is 0. The average molecular weight is 233 g/mol. The molecule has 6 nitrogen and oxygen atoms in total. The first-order chi connectivity index (χ1) is 8.34. The zero-order chi connectivity index (χ0) is 11.7. The predicted octanol–water partition coefficient (Wildman–Crippen LogP) is 0.563. The van der Waals surface area contributed by atoms with Crippen LogP contribution in [-0.4, -0.2) is 37.7 Å². The largest absolute Gasteiger partial charge is 0.312 e. The van der Waals surface area contributed by atoms with Gasteiger partial charge in [-0.15, -0.1) is 0 Å². The van der Waals surface area contributed by atoms with E-state index in [9.17, 15) is 4.79 Å². The molecule has 1 N–H and O–H groups in total. The minimum Gasteiger partial charge on any atom is -0.312 e. The lowest BCUT2D eigenvalue weighted by Gasteiger charge is -2.26. The third-order valence-corrected chi connectivity index (χ3v) is 3.22. The van der Waals surface area contributed by atoms with Crippen molar-refractivity contribution in [3.63, 3.8) is 0 Å². The van der Waals surface area contributed by atoms with E-state index in [1.165, 1.54) is 25.6 Å². The molecule has 2 aromatic heterocycles. The van der Waals surface area contributed by atoms with Crippen LogP contribution in [0.1, 0.15) is 19.3 Å². The molecule has 1 fully saturated rings. The summed E-state index contributed by atoms with van der Waals surface area (Å²) < 4.78 is 1.80. The van der Waals surface area contributed by atoms with Crippen LogP contribution >= 0.6 is 0 Å². The second-order valence-electron chi connectivity index (χ2n) is 4.43. The number of fused-ring (bicyclic) bond motifs is 1. The van der Waals surface area contributed by atoms with Crippen LogP contribution in [-0.2, 0) is 6.67 Å². The van der Waals surface area contributed by atoms with Crippen LogP contribution < -0.4 is 5.56 Å². The first kappa shape index (κ1) is 10.5. The fourth-order valence-electron chi connectivity index (χ4n) is 2.30. The van der Waals surface area contributed by atoms with Crippen molar-refractivity contribution in [1.29, 1.82) is 0 Å². The Morgan fingerprint density at radius 1 is 1.29 bits per heavy atom. The van der Waals surface area contributed by atoms with E-state index in [2.05, 4.69) is 20.0 Å². The maximum absolute atomic E-state index is 11.5. The van der Waals surface area contributed by atoms with E-state index < -0.39 is 0 Å². The second-order valence-corrected chi connectivity index (χ2v) is 4.43. The Labute approximate surface area is 98.3 Å². The van der Waals surface area contributed by atoms with Gasteiger partial charge in [0, 0.05) is 0 Å². The molecule has 90 valence electrons. The molecule has 0 aliphatic carbocycles. The molecule has 0 unspecified atom stereocenters. The molecule has 0 atom stereocenters. The Hall–Kier alpha value is -1.69. The molecule has 17 heavy (non-hydrogen) atoms. The average Bonchev–Trinajstić information content (AvgIpc) is 2.76. The van der Waals surface area contributed by atoms with Gasteiger partial charge in [-0.3, -0.25) is 9.69 Å². The van der Waals surface area contributed by atoms with Crippen molar-refractivity contribution in [2.45, 2.75) is 25.9 Å². The van der Waals surface area contributed by atoms with Gasteiger partial charge < -0.3 is 4.98 Å².